The molecule has 2 aromatic heterocycles. The van der Waals surface area contributed by atoms with Gasteiger partial charge < -0.3 is 0 Å². The molecule has 0 saturated carbocycles. The minimum atomic E-state index is -1.33. The molecule has 0 atom stereocenters. The fourth-order valence-electron chi connectivity index (χ4n) is 1.91. The fourth-order valence-corrected chi connectivity index (χ4v) is 1.91. The van der Waals surface area contributed by atoms with Crippen molar-refractivity contribution in [3.8, 4) is 0 Å². The molecule has 3 rings (SSSR count). The molecule has 0 saturated heterocycles. The van der Waals surface area contributed by atoms with Gasteiger partial charge in [0.15, 0.2) is 0 Å². The molecule has 0 bridgehead atoms. The Morgan fingerprint density at radius 3 is 1.96 bits per heavy atom. The second-order valence-corrected chi connectivity index (χ2v) is 9.99. The van der Waals surface area contributed by atoms with Gasteiger partial charge in [-0.1, -0.05) is 42.5 Å². The molecule has 0 radical (unpaired) electrons. The van der Waals surface area contributed by atoms with Crippen molar-refractivity contribution in [2.24, 2.45) is 5.10 Å². The van der Waals surface area contributed by atoms with Crippen LogP contribution in [-0.4, -0.2) is 15.7 Å². The molecule has 0 fully saturated rings. The number of hydrazone groups is 1. The maximum atomic E-state index is 4.89. The van der Waals surface area contributed by atoms with Gasteiger partial charge in [0.2, 0.25) is 0 Å². The van der Waals surface area contributed by atoms with Crippen LogP contribution in [0.2, 0.25) is 0 Å². The second kappa shape index (κ2) is 11.1. The van der Waals surface area contributed by atoms with E-state index in [0.717, 1.165) is 17.0 Å². The number of aromatic nitrogens is 2. The summed E-state index contributed by atoms with van der Waals surface area (Å²) in [6.07, 6.45) is 3.48. The van der Waals surface area contributed by atoms with E-state index in [0.29, 0.717) is 5.82 Å². The fraction of sp³-hybridized carbons (Fsp3) is 0. The monoisotopic (exact) mass is 435 g/mol. The van der Waals surface area contributed by atoms with Crippen LogP contribution >= 0.6 is 30.3 Å². The number of nitrogens with one attached hydrogen (secondary N) is 1. The van der Waals surface area contributed by atoms with Crippen LogP contribution in [0.15, 0.2) is 84.2 Å². The normalized spacial score (nSPS) is 11.2. The van der Waals surface area contributed by atoms with E-state index in [1.165, 1.54) is 0 Å². The molecule has 4 nitrogen and oxygen atoms in total. The predicted octanol–water partition coefficient (Wildman–Crippen LogP) is 5.41. The molecule has 0 aliphatic carbocycles. The van der Waals surface area contributed by atoms with Gasteiger partial charge in [0, 0.05) is 18.0 Å². The first-order chi connectivity index (χ1) is 12.2. The minimum absolute atomic E-state index is 0.696. The van der Waals surface area contributed by atoms with Crippen molar-refractivity contribution in [1.29, 1.82) is 0 Å². The summed E-state index contributed by atoms with van der Waals surface area (Å²) in [5.74, 6) is 0.696. The summed E-state index contributed by atoms with van der Waals surface area (Å²) in [6.45, 7) is 0. The van der Waals surface area contributed by atoms with E-state index in [2.05, 4.69) is 20.5 Å². The van der Waals surface area contributed by atoms with Gasteiger partial charge in [0.05, 0.1) is 5.69 Å². The summed E-state index contributed by atoms with van der Waals surface area (Å²) < 4.78 is 0. The summed E-state index contributed by atoms with van der Waals surface area (Å²) in [5, 5.41) is 4.48. The summed E-state index contributed by atoms with van der Waals surface area (Å²) in [4.78, 5) is 8.58. The van der Waals surface area contributed by atoms with Crippen LogP contribution < -0.4 is 5.43 Å². The number of hydrogen-bond acceptors (Lipinski definition) is 4. The van der Waals surface area contributed by atoms with E-state index in [9.17, 15) is 0 Å². The van der Waals surface area contributed by atoms with Crippen LogP contribution in [0.5, 0.6) is 0 Å². The molecule has 1 N–H and O–H groups in total. The van der Waals surface area contributed by atoms with Gasteiger partial charge in [-0.05, 0) is 24.3 Å². The van der Waals surface area contributed by atoms with Crippen molar-refractivity contribution in [2.45, 2.75) is 0 Å². The third-order valence-corrected chi connectivity index (χ3v) is 2.90. The molecule has 3 aromatic rings. The molecule has 0 amide bonds. The maximum Gasteiger partial charge on any atom is 0.146 e. The molecular weight excluding hydrogens is 422 g/mol. The summed E-state index contributed by atoms with van der Waals surface area (Å²) in [6, 6.07) is 21.4. The molecule has 131 valence electrons. The standard InChI is InChI=1S/C17H14N4.3ClH.Fe/c1-2-8-14(9-3-1)17(15-10-4-6-12-18-15)21-20-16-11-5-7-13-19-16;;;;/h1-13H,(H,19,20);3*1H;/q;;;;+3/p-3/b21-17-;;;;. The van der Waals surface area contributed by atoms with E-state index < -0.39 is 11.2 Å². The second-order valence-electron chi connectivity index (χ2n) is 4.52. The first kappa shape index (κ1) is 19.7. The van der Waals surface area contributed by atoms with Crippen molar-refractivity contribution in [1.82, 2.24) is 9.97 Å². The number of halogens is 3. The van der Waals surface area contributed by atoms with Gasteiger partial charge in [-0.25, -0.2) is 4.98 Å². The van der Waals surface area contributed by atoms with E-state index in [1.54, 1.807) is 12.4 Å². The summed E-state index contributed by atoms with van der Waals surface area (Å²) in [5.41, 5.74) is 5.57. The quantitative estimate of drug-likeness (QED) is 0.338. The third-order valence-electron chi connectivity index (χ3n) is 2.90. The molecule has 1 aromatic carbocycles. The van der Waals surface area contributed by atoms with Crippen molar-refractivity contribution < 1.29 is 11.2 Å². The molecular formula is C17H14Cl3FeN4. The Balaban J connectivity index is 0.000000511. The topological polar surface area (TPSA) is 50.2 Å². The molecule has 0 aliphatic rings. The number of anilines is 1. The minimum Gasteiger partial charge on any atom is -0.261 e. The van der Waals surface area contributed by atoms with E-state index in [1.807, 2.05) is 66.7 Å². The Morgan fingerprint density at radius 2 is 1.40 bits per heavy atom. The van der Waals surface area contributed by atoms with Crippen molar-refractivity contribution in [2.75, 3.05) is 5.43 Å². The average Bonchev–Trinajstić information content (AvgIpc) is 2.64. The average molecular weight is 437 g/mol. The Bertz CT molecular complexity index is 727. The molecule has 2 heterocycles. The molecule has 0 spiro atoms. The SMILES string of the molecule is [Cl][Fe]([Cl])[Cl].c1ccc(/C(=N/Nc2ccccn2)c2ccccn2)cc1. The van der Waals surface area contributed by atoms with Crippen LogP contribution in [0.25, 0.3) is 0 Å². The van der Waals surface area contributed by atoms with E-state index >= 15 is 0 Å². The van der Waals surface area contributed by atoms with Gasteiger partial charge in [-0.3, -0.25) is 10.4 Å². The first-order valence-electron chi connectivity index (χ1n) is 7.05. The summed E-state index contributed by atoms with van der Waals surface area (Å²) >= 11 is -1.33. The number of pyridine rings is 2. The Hall–Kier alpha value is -1.62. The van der Waals surface area contributed by atoms with E-state index in [4.69, 9.17) is 30.3 Å². The Labute approximate surface area is 163 Å². The molecule has 0 aliphatic heterocycles. The van der Waals surface area contributed by atoms with Crippen LogP contribution in [0.3, 0.4) is 0 Å². The van der Waals surface area contributed by atoms with Crippen LogP contribution in [0.1, 0.15) is 11.3 Å². The number of benzene rings is 1. The zero-order valence-electron chi connectivity index (χ0n) is 12.8. The van der Waals surface area contributed by atoms with Gasteiger partial charge >= 0.3 is 41.5 Å². The molecule has 8 heteroatoms. The largest absolute Gasteiger partial charge is 0.261 e. The zero-order chi connectivity index (χ0) is 17.9. The first-order valence-corrected chi connectivity index (χ1v) is 11.6. The molecule has 25 heavy (non-hydrogen) atoms. The van der Waals surface area contributed by atoms with E-state index in [-0.39, 0.29) is 0 Å². The predicted molar refractivity (Wildman–Crippen MR) is 102 cm³/mol. The van der Waals surface area contributed by atoms with Crippen molar-refractivity contribution in [3.63, 3.8) is 0 Å². The van der Waals surface area contributed by atoms with Gasteiger partial charge in [0.1, 0.15) is 11.5 Å². The van der Waals surface area contributed by atoms with Gasteiger partial charge in [-0.15, -0.1) is 0 Å². The smallest absolute Gasteiger partial charge is 0.146 e. The maximum absolute atomic E-state index is 4.89. The summed E-state index contributed by atoms with van der Waals surface area (Å²) in [7, 11) is 14.7. The molecule has 0 unspecified atom stereocenters. The van der Waals surface area contributed by atoms with Crippen LogP contribution in [0.4, 0.5) is 5.82 Å². The van der Waals surface area contributed by atoms with Crippen LogP contribution in [-0.2, 0) is 11.2 Å². The Kier molecular flexibility index (Phi) is 8.73. The Morgan fingerprint density at radius 1 is 0.800 bits per heavy atom. The van der Waals surface area contributed by atoms with Gasteiger partial charge in [0.25, 0.3) is 0 Å². The van der Waals surface area contributed by atoms with Crippen molar-refractivity contribution >= 4 is 41.8 Å². The number of rotatable bonds is 4. The number of hydrogen-bond donors (Lipinski definition) is 1. The third kappa shape index (κ3) is 7.43. The number of nitrogens with zero attached hydrogens (tertiary/aromatic N) is 3. The zero-order valence-corrected chi connectivity index (χ0v) is 16.2. The van der Waals surface area contributed by atoms with Gasteiger partial charge in [-0.2, -0.15) is 5.10 Å². The van der Waals surface area contributed by atoms with Crippen molar-refractivity contribution in [3.05, 3.63) is 90.4 Å². The van der Waals surface area contributed by atoms with Crippen LogP contribution in [0, 0.1) is 0 Å².